The van der Waals surface area contributed by atoms with E-state index in [0.717, 1.165) is 5.56 Å². The number of amides is 1. The van der Waals surface area contributed by atoms with Gasteiger partial charge in [-0.25, -0.2) is 4.79 Å². The summed E-state index contributed by atoms with van der Waals surface area (Å²) in [6, 6.07) is 8.99. The maximum absolute atomic E-state index is 12.2. The Kier molecular flexibility index (Phi) is 6.33. The highest BCUT2D eigenvalue weighted by molar-refractivity contribution is 5.95. The Morgan fingerprint density at radius 2 is 1.69 bits per heavy atom. The second-order valence-corrected chi connectivity index (χ2v) is 6.63. The first-order chi connectivity index (χ1) is 12.3. The van der Waals surface area contributed by atoms with Crippen LogP contribution in [0.2, 0.25) is 0 Å². The van der Waals surface area contributed by atoms with Crippen molar-refractivity contribution < 1.29 is 23.6 Å². The van der Waals surface area contributed by atoms with E-state index in [1.54, 1.807) is 29.1 Å². The van der Waals surface area contributed by atoms with Gasteiger partial charge in [-0.3, -0.25) is 4.79 Å². The van der Waals surface area contributed by atoms with Gasteiger partial charge >= 0.3 is 6.16 Å². The number of carbonyl (C=O) groups is 2. The van der Waals surface area contributed by atoms with Crippen LogP contribution in [0.1, 0.15) is 61.0 Å². The van der Waals surface area contributed by atoms with E-state index >= 15 is 0 Å². The molecule has 2 rings (SSSR count). The van der Waals surface area contributed by atoms with Crippen molar-refractivity contribution in [3.05, 3.63) is 59.4 Å². The van der Waals surface area contributed by atoms with Crippen molar-refractivity contribution in [2.24, 2.45) is 5.73 Å². The molecular formula is C20H25N2O4+. The van der Waals surface area contributed by atoms with E-state index < -0.39 is 12.1 Å². The van der Waals surface area contributed by atoms with Gasteiger partial charge in [0.2, 0.25) is 5.91 Å². The number of carbonyl (C=O) groups excluding carboxylic acids is 2. The molecule has 0 aliphatic carbocycles. The topological polar surface area (TPSA) is 82.5 Å². The lowest BCUT2D eigenvalue weighted by Crippen LogP contribution is -2.35. The molecule has 0 bridgehead atoms. The predicted octanol–water partition coefficient (Wildman–Crippen LogP) is 3.49. The van der Waals surface area contributed by atoms with E-state index in [1.165, 1.54) is 0 Å². The van der Waals surface area contributed by atoms with Crippen molar-refractivity contribution in [2.45, 2.75) is 46.3 Å². The van der Waals surface area contributed by atoms with Crippen LogP contribution < -0.4 is 15.0 Å². The quantitative estimate of drug-likeness (QED) is 0.487. The van der Waals surface area contributed by atoms with Gasteiger partial charge in [0, 0.05) is 23.3 Å². The molecule has 1 amide bonds. The Morgan fingerprint density at radius 1 is 1.04 bits per heavy atom. The third-order valence-electron chi connectivity index (χ3n) is 3.99. The summed E-state index contributed by atoms with van der Waals surface area (Å²) in [6.45, 7) is 7.85. The van der Waals surface area contributed by atoms with Gasteiger partial charge in [0.15, 0.2) is 12.4 Å². The molecule has 26 heavy (non-hydrogen) atoms. The molecule has 0 saturated heterocycles. The van der Waals surface area contributed by atoms with Crippen molar-refractivity contribution in [2.75, 3.05) is 0 Å². The number of ether oxygens (including phenoxy) is 2. The van der Waals surface area contributed by atoms with Crippen LogP contribution in [0, 0.1) is 0 Å². The van der Waals surface area contributed by atoms with Crippen LogP contribution in [0.4, 0.5) is 4.79 Å². The molecule has 0 atom stereocenters. The highest BCUT2D eigenvalue weighted by Gasteiger charge is 2.24. The van der Waals surface area contributed by atoms with Crippen LogP contribution in [-0.2, 0) is 11.5 Å². The Hall–Kier alpha value is -2.89. The molecule has 0 fully saturated rings. The third kappa shape index (κ3) is 4.59. The molecule has 1 heterocycles. The Labute approximate surface area is 153 Å². The predicted molar refractivity (Wildman–Crippen MR) is 96.9 cm³/mol. The molecule has 138 valence electrons. The van der Waals surface area contributed by atoms with Crippen molar-refractivity contribution in [3.63, 3.8) is 0 Å². The fourth-order valence-electron chi connectivity index (χ4n) is 2.73. The second-order valence-electron chi connectivity index (χ2n) is 6.63. The molecule has 0 aliphatic rings. The van der Waals surface area contributed by atoms with Gasteiger partial charge in [-0.15, -0.1) is 0 Å². The van der Waals surface area contributed by atoms with Crippen molar-refractivity contribution in [3.8, 4) is 5.75 Å². The molecule has 6 heteroatoms. The summed E-state index contributed by atoms with van der Waals surface area (Å²) in [5, 5.41) is 0. The highest BCUT2D eigenvalue weighted by atomic mass is 16.7. The molecule has 0 radical (unpaired) electrons. The van der Waals surface area contributed by atoms with Crippen LogP contribution in [-0.4, -0.2) is 12.1 Å². The van der Waals surface area contributed by atoms with E-state index in [9.17, 15) is 9.59 Å². The minimum absolute atomic E-state index is 0.0310. The van der Waals surface area contributed by atoms with Crippen LogP contribution in [0.3, 0.4) is 0 Å². The van der Waals surface area contributed by atoms with E-state index in [2.05, 4.69) is 0 Å². The lowest BCUT2D eigenvalue weighted by molar-refractivity contribution is -0.727. The lowest BCUT2D eigenvalue weighted by Gasteiger charge is -2.20. The first-order valence-electron chi connectivity index (χ1n) is 8.56. The normalized spacial score (nSPS) is 10.8. The van der Waals surface area contributed by atoms with Gasteiger partial charge in [0.1, 0.15) is 5.75 Å². The molecule has 6 nitrogen and oxygen atoms in total. The number of aromatic nitrogens is 1. The number of pyridine rings is 1. The molecule has 1 aromatic carbocycles. The monoisotopic (exact) mass is 357 g/mol. The summed E-state index contributed by atoms with van der Waals surface area (Å²) in [5.74, 6) is -0.153. The Balaban J connectivity index is 2.31. The summed E-state index contributed by atoms with van der Waals surface area (Å²) in [7, 11) is 0. The van der Waals surface area contributed by atoms with Crippen LogP contribution in [0.5, 0.6) is 5.75 Å². The summed E-state index contributed by atoms with van der Waals surface area (Å²) < 4.78 is 12.4. The van der Waals surface area contributed by atoms with Crippen molar-refractivity contribution in [1.82, 2.24) is 0 Å². The zero-order valence-electron chi connectivity index (χ0n) is 15.6. The molecule has 0 aliphatic heterocycles. The number of primary amides is 1. The van der Waals surface area contributed by atoms with Gasteiger partial charge in [-0.05, 0) is 23.5 Å². The number of nitrogens with zero attached hydrogens (tertiary/aromatic N) is 1. The molecule has 0 saturated carbocycles. The van der Waals surface area contributed by atoms with Crippen LogP contribution in [0.15, 0.2) is 42.7 Å². The number of benzene rings is 1. The minimum atomic E-state index is -0.827. The fourth-order valence-corrected chi connectivity index (χ4v) is 2.73. The summed E-state index contributed by atoms with van der Waals surface area (Å²) >= 11 is 0. The van der Waals surface area contributed by atoms with Crippen molar-refractivity contribution >= 4 is 12.1 Å². The SMILES string of the molecule is CC(C)c1ccc(C(N)=O)c(C(C)C)c1OC(=O)OC[n+]1ccccc1. The first-order valence-corrected chi connectivity index (χ1v) is 8.56. The number of hydrogen-bond acceptors (Lipinski definition) is 4. The average Bonchev–Trinajstić information content (AvgIpc) is 2.59. The molecular weight excluding hydrogens is 332 g/mol. The molecule has 0 unspecified atom stereocenters. The minimum Gasteiger partial charge on any atom is -0.394 e. The van der Waals surface area contributed by atoms with Crippen LogP contribution >= 0.6 is 0 Å². The number of rotatable bonds is 6. The summed E-state index contributed by atoms with van der Waals surface area (Å²) in [4.78, 5) is 24.0. The molecule has 1 aromatic heterocycles. The Morgan fingerprint density at radius 3 is 2.23 bits per heavy atom. The second kappa shape index (κ2) is 8.47. The van der Waals surface area contributed by atoms with Gasteiger partial charge < -0.3 is 15.2 Å². The smallest absolute Gasteiger partial charge is 0.394 e. The summed E-state index contributed by atoms with van der Waals surface area (Å²) in [6.07, 6.45) is 2.73. The first kappa shape index (κ1) is 19.4. The fraction of sp³-hybridized carbons (Fsp3) is 0.350. The average molecular weight is 357 g/mol. The third-order valence-corrected chi connectivity index (χ3v) is 3.99. The van der Waals surface area contributed by atoms with Gasteiger partial charge in [0.05, 0.1) is 0 Å². The highest BCUT2D eigenvalue weighted by Crippen LogP contribution is 2.37. The number of hydrogen-bond donors (Lipinski definition) is 1. The zero-order valence-corrected chi connectivity index (χ0v) is 15.6. The van der Waals surface area contributed by atoms with E-state index in [0.29, 0.717) is 16.9 Å². The lowest BCUT2D eigenvalue weighted by atomic mass is 9.89. The maximum atomic E-state index is 12.2. The zero-order chi connectivity index (χ0) is 19.3. The maximum Gasteiger partial charge on any atom is 0.518 e. The standard InChI is InChI=1S/C20H24N2O4/c1-13(2)15-8-9-16(19(21)23)17(14(3)4)18(15)26-20(24)25-12-22-10-6-5-7-11-22/h5-11,13-14H,12H2,1-4H3,(H-,21,23)/p+1. The van der Waals surface area contributed by atoms with E-state index in [4.69, 9.17) is 15.2 Å². The van der Waals surface area contributed by atoms with Gasteiger partial charge in [0.25, 0.3) is 6.73 Å². The van der Waals surface area contributed by atoms with E-state index in [1.807, 2.05) is 45.9 Å². The molecule has 2 aromatic rings. The molecule has 0 spiro atoms. The largest absolute Gasteiger partial charge is 0.518 e. The van der Waals surface area contributed by atoms with Gasteiger partial charge in [-0.2, -0.15) is 4.57 Å². The molecule has 2 N–H and O–H groups in total. The number of nitrogens with two attached hydrogens (primary N) is 1. The van der Waals surface area contributed by atoms with E-state index in [-0.39, 0.29) is 18.6 Å². The Bertz CT molecular complexity index is 786. The van der Waals surface area contributed by atoms with Crippen molar-refractivity contribution in [1.29, 1.82) is 0 Å². The van der Waals surface area contributed by atoms with Crippen LogP contribution in [0.25, 0.3) is 0 Å². The summed E-state index contributed by atoms with van der Waals surface area (Å²) in [5.41, 5.74) is 7.29. The van der Waals surface area contributed by atoms with Gasteiger partial charge in [-0.1, -0.05) is 39.8 Å².